The number of carbonyl (C=O) groups is 1. The van der Waals surface area contributed by atoms with Crippen molar-refractivity contribution < 1.29 is 14.6 Å². The number of methoxy groups -OCH3 is 1. The number of ether oxygens (including phenoxy) is 1. The van der Waals surface area contributed by atoms with Crippen LogP contribution >= 0.6 is 11.8 Å². The molecule has 0 aliphatic heterocycles. The van der Waals surface area contributed by atoms with Crippen LogP contribution in [0.5, 0.6) is 0 Å². The minimum atomic E-state index is -0.528. The highest BCUT2D eigenvalue weighted by molar-refractivity contribution is 8.00. The highest BCUT2D eigenvalue weighted by atomic mass is 32.2. The Bertz CT molecular complexity index is 262. The molecule has 0 spiro atoms. The normalized spacial score (nSPS) is 30.9. The minimum Gasteiger partial charge on any atom is -0.468 e. The summed E-state index contributed by atoms with van der Waals surface area (Å²) < 4.78 is 4.90. The summed E-state index contributed by atoms with van der Waals surface area (Å²) in [5.41, 5.74) is -0.528. The van der Waals surface area contributed by atoms with E-state index in [1.54, 1.807) is 11.8 Å². The van der Waals surface area contributed by atoms with Crippen LogP contribution in [0.2, 0.25) is 0 Å². The Morgan fingerprint density at radius 1 is 1.71 bits per heavy atom. The number of aliphatic hydroxyl groups is 1. The first kappa shape index (κ1) is 14.8. The number of rotatable bonds is 5. The van der Waals surface area contributed by atoms with E-state index in [0.717, 1.165) is 25.7 Å². The molecule has 2 N–H and O–H groups in total. The maximum absolute atomic E-state index is 11.9. The predicted octanol–water partition coefficient (Wildman–Crippen LogP) is 1.17. The zero-order valence-corrected chi connectivity index (χ0v) is 11.7. The largest absolute Gasteiger partial charge is 0.468 e. The third-order valence-electron chi connectivity index (χ3n) is 3.44. The van der Waals surface area contributed by atoms with Gasteiger partial charge in [0.15, 0.2) is 0 Å². The zero-order chi connectivity index (χ0) is 12.9. The van der Waals surface area contributed by atoms with Crippen LogP contribution in [0.3, 0.4) is 0 Å². The lowest BCUT2D eigenvalue weighted by Gasteiger charge is -2.38. The summed E-state index contributed by atoms with van der Waals surface area (Å²) in [5, 5.41) is 12.9. The average molecular weight is 261 g/mol. The van der Waals surface area contributed by atoms with E-state index in [9.17, 15) is 4.79 Å². The van der Waals surface area contributed by atoms with E-state index in [1.807, 2.05) is 14.0 Å². The lowest BCUT2D eigenvalue weighted by Crippen LogP contribution is -2.54. The molecule has 1 fully saturated rings. The molecule has 0 bridgehead atoms. The van der Waals surface area contributed by atoms with Crippen LogP contribution in [-0.4, -0.2) is 47.9 Å². The van der Waals surface area contributed by atoms with Crippen molar-refractivity contribution in [2.45, 2.75) is 48.6 Å². The van der Waals surface area contributed by atoms with Gasteiger partial charge in [-0.1, -0.05) is 6.92 Å². The van der Waals surface area contributed by atoms with Gasteiger partial charge in [0.2, 0.25) is 0 Å². The Labute approximate surface area is 107 Å². The molecule has 0 saturated heterocycles. The van der Waals surface area contributed by atoms with Crippen molar-refractivity contribution >= 4 is 17.7 Å². The highest BCUT2D eigenvalue weighted by Crippen LogP contribution is 2.37. The summed E-state index contributed by atoms with van der Waals surface area (Å²) in [4.78, 5) is 11.9. The van der Waals surface area contributed by atoms with E-state index >= 15 is 0 Å². The van der Waals surface area contributed by atoms with Gasteiger partial charge in [-0.25, -0.2) is 0 Å². The topological polar surface area (TPSA) is 58.6 Å². The van der Waals surface area contributed by atoms with Crippen molar-refractivity contribution in [2.24, 2.45) is 0 Å². The molecule has 1 aliphatic rings. The van der Waals surface area contributed by atoms with Crippen molar-refractivity contribution in [2.75, 3.05) is 20.8 Å². The Kier molecular flexibility index (Phi) is 5.76. The van der Waals surface area contributed by atoms with Crippen LogP contribution in [0.4, 0.5) is 0 Å². The Morgan fingerprint density at radius 3 is 2.94 bits per heavy atom. The summed E-state index contributed by atoms with van der Waals surface area (Å²) in [6, 6.07) is 0. The SMILES string of the molecule is CNC1(C(=O)OC)CCCC(SC(C)CO)C1. The quantitative estimate of drug-likeness (QED) is 0.728. The molecule has 1 aliphatic carbocycles. The van der Waals surface area contributed by atoms with Crippen molar-refractivity contribution in [1.29, 1.82) is 0 Å². The van der Waals surface area contributed by atoms with Crippen molar-refractivity contribution in [1.82, 2.24) is 5.32 Å². The van der Waals surface area contributed by atoms with Crippen LogP contribution in [0.15, 0.2) is 0 Å². The molecule has 1 rings (SSSR count). The van der Waals surface area contributed by atoms with E-state index < -0.39 is 5.54 Å². The molecule has 1 saturated carbocycles. The standard InChI is InChI=1S/C12H23NO3S/c1-9(8-14)17-10-5-4-6-12(7-10,13-2)11(15)16-3/h9-10,13-14H,4-8H2,1-3H3. The maximum atomic E-state index is 11.9. The first-order valence-electron chi connectivity index (χ1n) is 6.11. The number of aliphatic hydroxyl groups excluding tert-OH is 1. The molecule has 0 aromatic carbocycles. The summed E-state index contributed by atoms with van der Waals surface area (Å²) in [5.74, 6) is -0.165. The summed E-state index contributed by atoms with van der Waals surface area (Å²) in [6.45, 7) is 2.20. The number of hydrogen-bond donors (Lipinski definition) is 2. The fraction of sp³-hybridized carbons (Fsp3) is 0.917. The minimum absolute atomic E-state index is 0.165. The van der Waals surface area contributed by atoms with E-state index in [4.69, 9.17) is 9.84 Å². The Morgan fingerprint density at radius 2 is 2.41 bits per heavy atom. The molecule has 0 aromatic heterocycles. The monoisotopic (exact) mass is 261 g/mol. The molecule has 3 atom stereocenters. The molecule has 0 heterocycles. The molecule has 0 radical (unpaired) electrons. The number of carbonyl (C=O) groups excluding carboxylic acids is 1. The second kappa shape index (κ2) is 6.61. The lowest BCUT2D eigenvalue weighted by atomic mass is 9.81. The maximum Gasteiger partial charge on any atom is 0.326 e. The molecule has 0 aromatic rings. The molecular formula is C12H23NO3S. The van der Waals surface area contributed by atoms with Gasteiger partial charge in [-0.3, -0.25) is 4.79 Å². The number of thioether (sulfide) groups is 1. The van der Waals surface area contributed by atoms with E-state index in [2.05, 4.69) is 5.32 Å². The van der Waals surface area contributed by atoms with Gasteiger partial charge < -0.3 is 15.2 Å². The smallest absolute Gasteiger partial charge is 0.326 e. The van der Waals surface area contributed by atoms with Crippen LogP contribution in [0.25, 0.3) is 0 Å². The summed E-state index contributed by atoms with van der Waals surface area (Å²) in [6.07, 6.45) is 3.74. The molecule has 0 amide bonds. The molecule has 4 nitrogen and oxygen atoms in total. The van der Waals surface area contributed by atoms with Gasteiger partial charge >= 0.3 is 5.97 Å². The molecule has 5 heteroatoms. The van der Waals surface area contributed by atoms with Gasteiger partial charge in [0.1, 0.15) is 5.54 Å². The molecular weight excluding hydrogens is 238 g/mol. The predicted molar refractivity (Wildman–Crippen MR) is 70.2 cm³/mol. The van der Waals surface area contributed by atoms with Gasteiger partial charge in [0, 0.05) is 10.5 Å². The second-order valence-electron chi connectivity index (χ2n) is 4.67. The Balaban J connectivity index is 2.65. The first-order valence-corrected chi connectivity index (χ1v) is 7.06. The van der Waals surface area contributed by atoms with Crippen LogP contribution in [-0.2, 0) is 9.53 Å². The third-order valence-corrected chi connectivity index (χ3v) is 4.84. The average Bonchev–Trinajstić information content (AvgIpc) is 2.37. The zero-order valence-electron chi connectivity index (χ0n) is 10.9. The number of nitrogens with one attached hydrogen (secondary N) is 1. The Hall–Kier alpha value is -0.260. The van der Waals surface area contributed by atoms with Crippen LogP contribution in [0, 0.1) is 0 Å². The number of esters is 1. The molecule has 3 unspecified atom stereocenters. The van der Waals surface area contributed by atoms with E-state index in [-0.39, 0.29) is 17.8 Å². The first-order chi connectivity index (χ1) is 8.07. The fourth-order valence-electron chi connectivity index (χ4n) is 2.42. The van der Waals surface area contributed by atoms with Crippen molar-refractivity contribution in [3.05, 3.63) is 0 Å². The summed E-state index contributed by atoms with van der Waals surface area (Å²) >= 11 is 1.77. The van der Waals surface area contributed by atoms with Gasteiger partial charge in [-0.15, -0.1) is 0 Å². The third kappa shape index (κ3) is 3.60. The summed E-state index contributed by atoms with van der Waals surface area (Å²) in [7, 11) is 3.26. The highest BCUT2D eigenvalue weighted by Gasteiger charge is 2.42. The fourth-order valence-corrected chi connectivity index (χ4v) is 3.85. The van der Waals surface area contributed by atoms with Crippen LogP contribution in [0.1, 0.15) is 32.6 Å². The van der Waals surface area contributed by atoms with Crippen LogP contribution < -0.4 is 5.32 Å². The number of hydrogen-bond acceptors (Lipinski definition) is 5. The van der Waals surface area contributed by atoms with Crippen molar-refractivity contribution in [3.8, 4) is 0 Å². The number of likely N-dealkylation sites (N-methyl/N-ethyl adjacent to an activating group) is 1. The van der Waals surface area contributed by atoms with Gasteiger partial charge in [-0.05, 0) is 32.7 Å². The van der Waals surface area contributed by atoms with Gasteiger partial charge in [-0.2, -0.15) is 11.8 Å². The van der Waals surface area contributed by atoms with E-state index in [0.29, 0.717) is 5.25 Å². The van der Waals surface area contributed by atoms with Crippen molar-refractivity contribution in [3.63, 3.8) is 0 Å². The van der Waals surface area contributed by atoms with Gasteiger partial charge in [0.25, 0.3) is 0 Å². The second-order valence-corrected chi connectivity index (χ2v) is 6.41. The van der Waals surface area contributed by atoms with Gasteiger partial charge in [0.05, 0.1) is 13.7 Å². The van der Waals surface area contributed by atoms with E-state index in [1.165, 1.54) is 7.11 Å². The lowest BCUT2D eigenvalue weighted by molar-refractivity contribution is -0.149. The molecule has 17 heavy (non-hydrogen) atoms. The molecule has 100 valence electrons.